The van der Waals surface area contributed by atoms with Crippen LogP contribution >= 0.6 is 36.2 Å². The van der Waals surface area contributed by atoms with E-state index in [-0.39, 0.29) is 36.3 Å². The Kier molecular flexibility index (Phi) is 9.70. The first-order valence-electron chi connectivity index (χ1n) is 7.34. The summed E-state index contributed by atoms with van der Waals surface area (Å²) in [5.41, 5.74) is 6.55. The van der Waals surface area contributed by atoms with E-state index in [4.69, 9.17) is 5.73 Å². The van der Waals surface area contributed by atoms with Crippen LogP contribution in [0, 0.1) is 0 Å². The lowest BCUT2D eigenvalue weighted by atomic mass is 10.1. The van der Waals surface area contributed by atoms with Crippen molar-refractivity contribution in [3.8, 4) is 0 Å². The largest absolute Gasteiger partial charge is 0.354 e. The van der Waals surface area contributed by atoms with Gasteiger partial charge < -0.3 is 11.1 Å². The average molecular weight is 378 g/mol. The summed E-state index contributed by atoms with van der Waals surface area (Å²) in [7, 11) is 0. The molecule has 2 aromatic rings. The molecular formula is C16H25Cl2N3OS. The number of hydrogen-bond donors (Lipinski definition) is 2. The zero-order chi connectivity index (χ0) is 15.3. The summed E-state index contributed by atoms with van der Waals surface area (Å²) in [5.74, 6) is 0.0813. The maximum absolute atomic E-state index is 11.7. The lowest BCUT2D eigenvalue weighted by Gasteiger charge is -2.18. The molecule has 0 bridgehead atoms. The summed E-state index contributed by atoms with van der Waals surface area (Å²) in [6.45, 7) is 4.32. The van der Waals surface area contributed by atoms with Gasteiger partial charge in [0.15, 0.2) is 0 Å². The maximum Gasteiger partial charge on any atom is 0.220 e. The predicted molar refractivity (Wildman–Crippen MR) is 103 cm³/mol. The van der Waals surface area contributed by atoms with E-state index in [0.29, 0.717) is 13.0 Å². The number of nitrogens with two attached hydrogens (primary N) is 1. The first kappa shape index (κ1) is 22.1. The average Bonchev–Trinajstić information content (AvgIpc) is 2.83. The molecule has 23 heavy (non-hydrogen) atoms. The van der Waals surface area contributed by atoms with E-state index >= 15 is 0 Å². The third-order valence-corrected chi connectivity index (χ3v) is 4.22. The van der Waals surface area contributed by atoms with Crippen LogP contribution in [0.3, 0.4) is 0 Å². The Morgan fingerprint density at radius 3 is 2.61 bits per heavy atom. The number of carbonyl (C=O) groups excluding carboxylic acids is 1. The van der Waals surface area contributed by atoms with Crippen molar-refractivity contribution in [3.05, 3.63) is 29.3 Å². The lowest BCUT2D eigenvalue weighted by molar-refractivity contribution is -0.121. The van der Waals surface area contributed by atoms with Crippen molar-refractivity contribution in [1.82, 2.24) is 10.3 Å². The minimum atomic E-state index is -0.351. The van der Waals surface area contributed by atoms with E-state index in [1.807, 2.05) is 32.0 Å². The molecular weight excluding hydrogens is 353 g/mol. The van der Waals surface area contributed by atoms with Gasteiger partial charge in [-0.05, 0) is 45.2 Å². The van der Waals surface area contributed by atoms with Gasteiger partial charge in [-0.1, -0.05) is 12.1 Å². The zero-order valence-electron chi connectivity index (χ0n) is 13.5. The second-order valence-corrected chi connectivity index (χ2v) is 7.16. The molecule has 0 saturated carbocycles. The number of carbonyl (C=O) groups is 1. The Balaban J connectivity index is 0.00000242. The van der Waals surface area contributed by atoms with Gasteiger partial charge in [0.1, 0.15) is 0 Å². The quantitative estimate of drug-likeness (QED) is 0.722. The van der Waals surface area contributed by atoms with Gasteiger partial charge in [-0.2, -0.15) is 0 Å². The smallest absolute Gasteiger partial charge is 0.220 e. The molecule has 1 aromatic carbocycles. The minimum absolute atomic E-state index is 0. The van der Waals surface area contributed by atoms with Crippen molar-refractivity contribution in [3.63, 3.8) is 0 Å². The van der Waals surface area contributed by atoms with Crippen LogP contribution in [0.15, 0.2) is 24.3 Å². The predicted octanol–water partition coefficient (Wildman–Crippen LogP) is 3.71. The van der Waals surface area contributed by atoms with Crippen molar-refractivity contribution >= 4 is 52.3 Å². The second-order valence-electron chi connectivity index (χ2n) is 6.05. The van der Waals surface area contributed by atoms with E-state index in [0.717, 1.165) is 29.8 Å². The summed E-state index contributed by atoms with van der Waals surface area (Å²) in [5, 5.41) is 4.02. The molecule has 1 heterocycles. The highest BCUT2D eigenvalue weighted by molar-refractivity contribution is 7.18. The van der Waals surface area contributed by atoms with Gasteiger partial charge in [0, 0.05) is 18.5 Å². The van der Waals surface area contributed by atoms with Crippen LogP contribution in [-0.4, -0.2) is 23.0 Å². The van der Waals surface area contributed by atoms with Crippen molar-refractivity contribution in [2.24, 2.45) is 5.73 Å². The number of hydrogen-bond acceptors (Lipinski definition) is 4. The molecule has 3 N–H and O–H groups in total. The number of nitrogens with zero attached hydrogens (tertiary/aromatic N) is 1. The molecule has 0 saturated heterocycles. The summed E-state index contributed by atoms with van der Waals surface area (Å²) in [6.07, 6.45) is 3.36. The number of thiazole rings is 1. The highest BCUT2D eigenvalue weighted by Gasteiger charge is 2.12. The molecule has 0 radical (unpaired) electrons. The van der Waals surface area contributed by atoms with Gasteiger partial charge in [0.2, 0.25) is 5.91 Å². The van der Waals surface area contributed by atoms with E-state index in [2.05, 4.69) is 16.4 Å². The Labute approximate surface area is 154 Å². The number of halogens is 2. The molecule has 0 atom stereocenters. The van der Waals surface area contributed by atoms with Gasteiger partial charge in [-0.25, -0.2) is 4.98 Å². The van der Waals surface area contributed by atoms with Crippen LogP contribution in [0.25, 0.3) is 10.2 Å². The molecule has 0 aliphatic heterocycles. The highest BCUT2D eigenvalue weighted by Crippen LogP contribution is 2.22. The minimum Gasteiger partial charge on any atom is -0.354 e. The van der Waals surface area contributed by atoms with Crippen molar-refractivity contribution in [2.75, 3.05) is 6.54 Å². The third kappa shape index (κ3) is 7.97. The van der Waals surface area contributed by atoms with Crippen molar-refractivity contribution in [2.45, 2.75) is 45.1 Å². The second kappa shape index (κ2) is 10.1. The summed E-state index contributed by atoms with van der Waals surface area (Å²) < 4.78 is 1.23. The molecule has 130 valence electrons. The third-order valence-electron chi connectivity index (χ3n) is 3.12. The Morgan fingerprint density at radius 2 is 1.96 bits per heavy atom. The molecule has 0 spiro atoms. The molecule has 4 nitrogen and oxygen atoms in total. The molecule has 0 unspecified atom stereocenters. The molecule has 1 amide bonds. The number of unbranched alkanes of at least 4 members (excludes halogenated alkanes) is 1. The summed E-state index contributed by atoms with van der Waals surface area (Å²) in [4.78, 5) is 16.3. The number of benzene rings is 1. The van der Waals surface area contributed by atoms with Crippen LogP contribution in [0.1, 0.15) is 38.1 Å². The first-order valence-corrected chi connectivity index (χ1v) is 8.16. The fourth-order valence-electron chi connectivity index (χ4n) is 2.00. The molecule has 1 aromatic heterocycles. The monoisotopic (exact) mass is 377 g/mol. The van der Waals surface area contributed by atoms with Crippen LogP contribution in [0.5, 0.6) is 0 Å². The van der Waals surface area contributed by atoms with Crippen LogP contribution < -0.4 is 11.1 Å². The topological polar surface area (TPSA) is 68.0 Å². The molecule has 2 rings (SSSR count). The van der Waals surface area contributed by atoms with Crippen molar-refractivity contribution in [1.29, 1.82) is 0 Å². The number of para-hydroxylation sites is 1. The number of aryl methyl sites for hydroxylation is 1. The fraction of sp³-hybridized carbons (Fsp3) is 0.500. The fourth-order valence-corrected chi connectivity index (χ4v) is 3.01. The van der Waals surface area contributed by atoms with E-state index in [1.165, 1.54) is 4.70 Å². The number of amides is 1. The van der Waals surface area contributed by atoms with Gasteiger partial charge in [-0.15, -0.1) is 36.2 Å². The standard InChI is InChI=1S/C16H23N3OS.2ClH/c1-16(2,17)11-18-14(20)9-5-6-10-15-19-12-7-3-4-8-13(12)21-15;;/h3-4,7-8H,5-6,9-11,17H2,1-2H3,(H,18,20);2*1H. The summed E-state index contributed by atoms with van der Waals surface area (Å²) >= 11 is 1.74. The van der Waals surface area contributed by atoms with Gasteiger partial charge in [0.25, 0.3) is 0 Å². The highest BCUT2D eigenvalue weighted by atomic mass is 35.5. The molecule has 7 heteroatoms. The zero-order valence-corrected chi connectivity index (χ0v) is 16.0. The van der Waals surface area contributed by atoms with E-state index < -0.39 is 0 Å². The molecule has 0 aliphatic rings. The number of aromatic nitrogens is 1. The number of nitrogens with one attached hydrogen (secondary N) is 1. The van der Waals surface area contributed by atoms with Crippen LogP contribution in [0.2, 0.25) is 0 Å². The van der Waals surface area contributed by atoms with Crippen LogP contribution in [0.4, 0.5) is 0 Å². The van der Waals surface area contributed by atoms with E-state index in [9.17, 15) is 4.79 Å². The number of rotatable bonds is 7. The Morgan fingerprint density at radius 1 is 1.26 bits per heavy atom. The Bertz CT molecular complexity index is 578. The lowest BCUT2D eigenvalue weighted by Crippen LogP contribution is -2.45. The Hall–Kier alpha value is -0.880. The SMILES string of the molecule is CC(C)(N)CNC(=O)CCCCc1nc2ccccc2s1.Cl.Cl. The summed E-state index contributed by atoms with van der Waals surface area (Å²) in [6, 6.07) is 8.18. The molecule has 0 fully saturated rings. The van der Waals surface area contributed by atoms with Gasteiger partial charge in [-0.3, -0.25) is 4.79 Å². The molecule has 0 aliphatic carbocycles. The maximum atomic E-state index is 11.7. The first-order chi connectivity index (χ1) is 9.94. The number of fused-ring (bicyclic) bond motifs is 1. The van der Waals surface area contributed by atoms with Crippen molar-refractivity contribution < 1.29 is 4.79 Å². The van der Waals surface area contributed by atoms with Gasteiger partial charge >= 0.3 is 0 Å². The normalized spacial score (nSPS) is 10.7. The van der Waals surface area contributed by atoms with Gasteiger partial charge in [0.05, 0.1) is 15.2 Å². The van der Waals surface area contributed by atoms with E-state index in [1.54, 1.807) is 11.3 Å². The van der Waals surface area contributed by atoms with Crippen LogP contribution in [-0.2, 0) is 11.2 Å².